The molecule has 48 heavy (non-hydrogen) atoms. The quantitative estimate of drug-likeness (QED) is 0.0738. The average molecular weight is 667 g/mol. The zero-order chi connectivity index (χ0) is 34.4. The van der Waals surface area contributed by atoms with Gasteiger partial charge in [0.1, 0.15) is 17.6 Å². The summed E-state index contributed by atoms with van der Waals surface area (Å²) in [6.07, 6.45) is 23.6. The lowest BCUT2D eigenvalue weighted by Crippen LogP contribution is -2.45. The minimum absolute atomic E-state index is 0.0123. The molecule has 270 valence electrons. The molecule has 0 radical (unpaired) electrons. The molecule has 2 fully saturated rings. The molecule has 2 saturated carbocycles. The number of aryl methyl sites for hydroxylation is 1. The van der Waals surface area contributed by atoms with Crippen LogP contribution in [0.5, 0.6) is 11.5 Å². The Hall–Kier alpha value is -2.37. The van der Waals surface area contributed by atoms with Gasteiger partial charge in [-0.15, -0.1) is 0 Å². The zero-order valence-corrected chi connectivity index (χ0v) is 30.9. The van der Waals surface area contributed by atoms with E-state index in [1.165, 1.54) is 44.9 Å². The third kappa shape index (κ3) is 10.6. The van der Waals surface area contributed by atoms with Crippen LogP contribution in [0.15, 0.2) is 12.1 Å². The highest BCUT2D eigenvalue weighted by Crippen LogP contribution is 2.62. The van der Waals surface area contributed by atoms with Gasteiger partial charge in [-0.1, -0.05) is 105 Å². The third-order valence-electron chi connectivity index (χ3n) is 11.9. The Labute approximate surface area is 291 Å². The Morgan fingerprint density at radius 1 is 0.667 bits per heavy atom. The van der Waals surface area contributed by atoms with Crippen molar-refractivity contribution in [2.24, 2.45) is 17.3 Å². The lowest BCUT2D eigenvalue weighted by molar-refractivity contribution is -0.157. The van der Waals surface area contributed by atoms with E-state index >= 15 is 0 Å². The summed E-state index contributed by atoms with van der Waals surface area (Å²) in [4.78, 5) is 38.9. The zero-order valence-electron chi connectivity index (χ0n) is 30.9. The van der Waals surface area contributed by atoms with Crippen molar-refractivity contribution in [3.05, 3.63) is 23.3 Å². The standard InChI is InChI=1S/C42H66O6/c1-5-8-11-14-17-20-38(43)46-32-29-31-23-24-33-34(41(31)36(30-32)47-39(44)21-18-15-12-9-6-2)27-28-42(4)35(33)25-26-37(42)48-40(45)22-19-16-13-10-7-3/h29-30,33-35,37H,5-28H2,1-4H3/t33-,34-,35-,37-,42-/m0/s1. The van der Waals surface area contributed by atoms with E-state index < -0.39 is 0 Å². The van der Waals surface area contributed by atoms with Gasteiger partial charge in [0, 0.05) is 36.3 Å². The largest absolute Gasteiger partial charge is 0.462 e. The molecule has 6 heteroatoms. The Morgan fingerprint density at radius 3 is 1.83 bits per heavy atom. The minimum atomic E-state index is -0.214. The Balaban J connectivity index is 1.46. The van der Waals surface area contributed by atoms with Crippen LogP contribution < -0.4 is 9.47 Å². The first-order valence-electron chi connectivity index (χ1n) is 20.1. The summed E-state index contributed by atoms with van der Waals surface area (Å²) in [5.41, 5.74) is 2.29. The summed E-state index contributed by atoms with van der Waals surface area (Å²) in [7, 11) is 0. The first-order chi connectivity index (χ1) is 23.3. The number of esters is 3. The Kier molecular flexibility index (Phi) is 15.8. The number of rotatable bonds is 21. The predicted octanol–water partition coefficient (Wildman–Crippen LogP) is 11.3. The molecule has 0 amide bonds. The highest BCUT2D eigenvalue weighted by atomic mass is 16.6. The second-order valence-corrected chi connectivity index (χ2v) is 15.5. The molecule has 3 aliphatic rings. The lowest BCUT2D eigenvalue weighted by atomic mass is 9.55. The van der Waals surface area contributed by atoms with Crippen LogP contribution in [0.25, 0.3) is 0 Å². The van der Waals surface area contributed by atoms with Crippen molar-refractivity contribution in [3.8, 4) is 11.5 Å². The van der Waals surface area contributed by atoms with Gasteiger partial charge in [-0.3, -0.25) is 14.4 Å². The highest BCUT2D eigenvalue weighted by molar-refractivity contribution is 5.75. The molecule has 6 nitrogen and oxygen atoms in total. The number of carbonyl (C=O) groups is 3. The summed E-state index contributed by atoms with van der Waals surface area (Å²) in [6, 6.07) is 3.86. The molecule has 3 aliphatic carbocycles. The number of ether oxygens (including phenoxy) is 3. The average Bonchev–Trinajstić information content (AvgIpc) is 3.39. The molecular weight excluding hydrogens is 600 g/mol. The van der Waals surface area contributed by atoms with E-state index in [1.54, 1.807) is 0 Å². The SMILES string of the molecule is CCCCCCCC(=O)Oc1cc2c(c(OC(=O)CCCCCCC)c1)[C@H]1CC[C@]3(C)[C@@H](OC(=O)CCCCCCC)CC[C@H]3[C@H]1CC2. The highest BCUT2D eigenvalue weighted by Gasteiger charge is 2.56. The summed E-state index contributed by atoms with van der Waals surface area (Å²) < 4.78 is 18.3. The normalized spacial score (nSPS) is 24.3. The van der Waals surface area contributed by atoms with Crippen LogP contribution in [0.2, 0.25) is 0 Å². The maximum absolute atomic E-state index is 13.2. The van der Waals surface area contributed by atoms with Crippen molar-refractivity contribution in [2.75, 3.05) is 0 Å². The molecule has 0 bridgehead atoms. The minimum Gasteiger partial charge on any atom is -0.462 e. The fourth-order valence-electron chi connectivity index (χ4n) is 9.14. The molecule has 4 rings (SSSR count). The van der Waals surface area contributed by atoms with Gasteiger partial charge in [-0.25, -0.2) is 0 Å². The van der Waals surface area contributed by atoms with Crippen molar-refractivity contribution in [1.29, 1.82) is 0 Å². The van der Waals surface area contributed by atoms with Gasteiger partial charge in [0.05, 0.1) is 0 Å². The van der Waals surface area contributed by atoms with Crippen LogP contribution in [0.1, 0.15) is 192 Å². The molecule has 0 aromatic heterocycles. The van der Waals surface area contributed by atoms with E-state index in [0.29, 0.717) is 42.6 Å². The first-order valence-corrected chi connectivity index (χ1v) is 20.1. The van der Waals surface area contributed by atoms with Gasteiger partial charge < -0.3 is 14.2 Å². The molecule has 0 N–H and O–H groups in total. The van der Waals surface area contributed by atoms with E-state index in [1.807, 2.05) is 12.1 Å². The van der Waals surface area contributed by atoms with E-state index in [9.17, 15) is 14.4 Å². The van der Waals surface area contributed by atoms with Gasteiger partial charge in [-0.2, -0.15) is 0 Å². The molecule has 0 saturated heterocycles. The van der Waals surface area contributed by atoms with Crippen LogP contribution in [-0.2, 0) is 25.5 Å². The van der Waals surface area contributed by atoms with Crippen molar-refractivity contribution >= 4 is 17.9 Å². The van der Waals surface area contributed by atoms with Crippen molar-refractivity contribution in [3.63, 3.8) is 0 Å². The van der Waals surface area contributed by atoms with Gasteiger partial charge in [0.15, 0.2) is 0 Å². The van der Waals surface area contributed by atoms with Crippen molar-refractivity contribution in [2.45, 2.75) is 194 Å². The van der Waals surface area contributed by atoms with Gasteiger partial charge >= 0.3 is 17.9 Å². The Bertz CT molecular complexity index is 1170. The summed E-state index contributed by atoms with van der Waals surface area (Å²) in [6.45, 7) is 8.95. The van der Waals surface area contributed by atoms with E-state index in [0.717, 1.165) is 101 Å². The van der Waals surface area contributed by atoms with Crippen LogP contribution in [-0.4, -0.2) is 24.0 Å². The lowest BCUT2D eigenvalue weighted by Gasteiger charge is -2.50. The predicted molar refractivity (Wildman–Crippen MR) is 192 cm³/mol. The van der Waals surface area contributed by atoms with Crippen molar-refractivity contribution in [1.82, 2.24) is 0 Å². The molecule has 0 spiro atoms. The first kappa shape index (κ1) is 38.4. The number of unbranched alkanes of at least 4 members (excludes halogenated alkanes) is 12. The number of hydrogen-bond acceptors (Lipinski definition) is 6. The summed E-state index contributed by atoms with van der Waals surface area (Å²) in [5.74, 6) is 1.87. The summed E-state index contributed by atoms with van der Waals surface area (Å²) in [5, 5.41) is 0. The molecule has 1 aromatic rings. The maximum Gasteiger partial charge on any atom is 0.311 e. The summed E-state index contributed by atoms with van der Waals surface area (Å²) >= 11 is 0. The molecular formula is C42H66O6. The van der Waals surface area contributed by atoms with E-state index in [2.05, 4.69) is 27.7 Å². The van der Waals surface area contributed by atoms with Crippen molar-refractivity contribution < 1.29 is 28.6 Å². The smallest absolute Gasteiger partial charge is 0.311 e. The number of carbonyl (C=O) groups excluding carboxylic acids is 3. The van der Waals surface area contributed by atoms with Crippen LogP contribution in [0.3, 0.4) is 0 Å². The second-order valence-electron chi connectivity index (χ2n) is 15.5. The number of fused-ring (bicyclic) bond motifs is 5. The van der Waals surface area contributed by atoms with Gasteiger partial charge in [-0.05, 0) is 87.2 Å². The molecule has 0 aliphatic heterocycles. The second kappa shape index (κ2) is 19.7. The molecule has 0 heterocycles. The fraction of sp³-hybridized carbons (Fsp3) is 0.786. The van der Waals surface area contributed by atoms with E-state index in [4.69, 9.17) is 14.2 Å². The number of benzene rings is 1. The Morgan fingerprint density at radius 2 is 1.23 bits per heavy atom. The third-order valence-corrected chi connectivity index (χ3v) is 11.9. The molecule has 0 unspecified atom stereocenters. The van der Waals surface area contributed by atoms with Crippen LogP contribution in [0, 0.1) is 17.3 Å². The topological polar surface area (TPSA) is 78.9 Å². The van der Waals surface area contributed by atoms with E-state index in [-0.39, 0.29) is 35.3 Å². The molecule has 1 aromatic carbocycles. The van der Waals surface area contributed by atoms with Crippen LogP contribution in [0.4, 0.5) is 0 Å². The molecule has 5 atom stereocenters. The van der Waals surface area contributed by atoms with Gasteiger partial charge in [0.25, 0.3) is 0 Å². The van der Waals surface area contributed by atoms with Gasteiger partial charge in [0.2, 0.25) is 0 Å². The monoisotopic (exact) mass is 666 g/mol. The maximum atomic E-state index is 13.2. The van der Waals surface area contributed by atoms with Crippen LogP contribution >= 0.6 is 0 Å². The number of hydrogen-bond donors (Lipinski definition) is 0. The fourth-order valence-corrected chi connectivity index (χ4v) is 9.14.